The van der Waals surface area contributed by atoms with Crippen LogP contribution in [0.5, 0.6) is 0 Å². The van der Waals surface area contributed by atoms with Crippen LogP contribution >= 0.6 is 0 Å². The van der Waals surface area contributed by atoms with E-state index in [4.69, 9.17) is 0 Å². The quantitative estimate of drug-likeness (QED) is 0.473. The van der Waals surface area contributed by atoms with E-state index < -0.39 is 4.92 Å². The zero-order valence-electron chi connectivity index (χ0n) is 6.10. The molecule has 0 saturated heterocycles. The van der Waals surface area contributed by atoms with Gasteiger partial charge < -0.3 is 4.57 Å². The minimum absolute atomic E-state index is 0.479. The molecule has 0 fully saturated rings. The maximum absolute atomic E-state index is 9.92. The molecule has 1 aromatic rings. The van der Waals surface area contributed by atoms with E-state index in [9.17, 15) is 10.1 Å². The van der Waals surface area contributed by atoms with Gasteiger partial charge in [0, 0.05) is 25.0 Å². The Morgan fingerprint density at radius 3 is 2.91 bits per heavy atom. The van der Waals surface area contributed by atoms with Crippen LogP contribution in [0, 0.1) is 10.1 Å². The van der Waals surface area contributed by atoms with E-state index in [0.29, 0.717) is 0 Å². The monoisotopic (exact) mass is 152 g/mol. The first kappa shape index (κ1) is 7.53. The molecule has 11 heavy (non-hydrogen) atoms. The second kappa shape index (κ2) is 3.01. The smallest absolute Gasteiger partial charge is 0.236 e. The number of nitro groups is 1. The third kappa shape index (κ3) is 1.93. The third-order valence-corrected chi connectivity index (χ3v) is 1.35. The van der Waals surface area contributed by atoms with E-state index in [1.54, 1.807) is 10.6 Å². The Morgan fingerprint density at radius 1 is 1.73 bits per heavy atom. The van der Waals surface area contributed by atoms with Crippen molar-refractivity contribution in [2.24, 2.45) is 7.05 Å². The van der Waals surface area contributed by atoms with E-state index in [1.807, 2.05) is 19.3 Å². The van der Waals surface area contributed by atoms with Gasteiger partial charge >= 0.3 is 0 Å². The lowest BCUT2D eigenvalue weighted by Gasteiger charge is -1.91. The molecule has 1 aromatic heterocycles. The SMILES string of the molecule is Cn1cccc1/C=C/[N+](=O)[O-]. The maximum atomic E-state index is 9.92. The molecule has 0 aliphatic carbocycles. The second-order valence-corrected chi connectivity index (χ2v) is 2.15. The highest BCUT2D eigenvalue weighted by Crippen LogP contribution is 2.01. The van der Waals surface area contributed by atoms with Crippen molar-refractivity contribution in [1.82, 2.24) is 4.57 Å². The molecule has 58 valence electrons. The molecule has 0 aromatic carbocycles. The Labute approximate surface area is 63.9 Å². The zero-order valence-corrected chi connectivity index (χ0v) is 6.10. The summed E-state index contributed by atoms with van der Waals surface area (Å²) in [6.07, 6.45) is 4.22. The van der Waals surface area contributed by atoms with Crippen molar-refractivity contribution in [3.05, 3.63) is 40.3 Å². The molecule has 1 heterocycles. The van der Waals surface area contributed by atoms with Gasteiger partial charge in [-0.1, -0.05) is 0 Å². The highest BCUT2D eigenvalue weighted by Gasteiger charge is 1.92. The van der Waals surface area contributed by atoms with E-state index >= 15 is 0 Å². The highest BCUT2D eigenvalue weighted by molar-refractivity contribution is 5.43. The second-order valence-electron chi connectivity index (χ2n) is 2.15. The summed E-state index contributed by atoms with van der Waals surface area (Å²) in [5.41, 5.74) is 0.821. The fourth-order valence-electron chi connectivity index (χ4n) is 0.785. The molecule has 0 amide bonds. The van der Waals surface area contributed by atoms with Crippen LogP contribution in [-0.4, -0.2) is 9.49 Å². The van der Waals surface area contributed by atoms with Crippen LogP contribution in [0.25, 0.3) is 6.08 Å². The topological polar surface area (TPSA) is 48.1 Å². The normalized spacial score (nSPS) is 10.6. The van der Waals surface area contributed by atoms with Crippen LogP contribution in [0.15, 0.2) is 24.5 Å². The van der Waals surface area contributed by atoms with Crippen molar-refractivity contribution in [1.29, 1.82) is 0 Å². The molecule has 0 unspecified atom stereocenters. The molecule has 0 bridgehead atoms. The van der Waals surface area contributed by atoms with Gasteiger partial charge in [0.15, 0.2) is 0 Å². The van der Waals surface area contributed by atoms with Gasteiger partial charge in [-0.15, -0.1) is 0 Å². The largest absolute Gasteiger partial charge is 0.351 e. The molecule has 1 rings (SSSR count). The maximum Gasteiger partial charge on any atom is 0.236 e. The van der Waals surface area contributed by atoms with Crippen LogP contribution in [0.1, 0.15) is 5.69 Å². The van der Waals surface area contributed by atoms with Gasteiger partial charge in [0.1, 0.15) is 0 Å². The molecule has 0 saturated carbocycles. The highest BCUT2D eigenvalue weighted by atomic mass is 16.6. The molecule has 0 aliphatic rings. The Hall–Kier alpha value is -1.58. The molecule has 4 heteroatoms. The lowest BCUT2D eigenvalue weighted by atomic mass is 10.4. The molecule has 0 spiro atoms. The van der Waals surface area contributed by atoms with Gasteiger partial charge in [0.05, 0.1) is 4.92 Å². The average molecular weight is 152 g/mol. The van der Waals surface area contributed by atoms with Gasteiger partial charge in [-0.3, -0.25) is 10.1 Å². The number of hydrogen-bond acceptors (Lipinski definition) is 2. The summed E-state index contributed by atoms with van der Waals surface area (Å²) in [4.78, 5) is 9.44. The fraction of sp³-hybridized carbons (Fsp3) is 0.143. The van der Waals surface area contributed by atoms with E-state index in [2.05, 4.69) is 0 Å². The number of aromatic nitrogens is 1. The lowest BCUT2D eigenvalue weighted by molar-refractivity contribution is -0.401. The first-order chi connectivity index (χ1) is 5.20. The summed E-state index contributed by atoms with van der Waals surface area (Å²) >= 11 is 0. The molecule has 0 radical (unpaired) electrons. The Balaban J connectivity index is 2.79. The Morgan fingerprint density at radius 2 is 2.45 bits per heavy atom. The Kier molecular flexibility index (Phi) is 2.06. The van der Waals surface area contributed by atoms with Crippen LogP contribution < -0.4 is 0 Å². The molecule has 0 N–H and O–H groups in total. The van der Waals surface area contributed by atoms with E-state index in [1.165, 1.54) is 6.08 Å². The lowest BCUT2D eigenvalue weighted by Crippen LogP contribution is -1.88. The van der Waals surface area contributed by atoms with Gasteiger partial charge in [-0.25, -0.2) is 0 Å². The van der Waals surface area contributed by atoms with Crippen LogP contribution in [0.3, 0.4) is 0 Å². The predicted molar refractivity (Wildman–Crippen MR) is 41.4 cm³/mol. The summed E-state index contributed by atoms with van der Waals surface area (Å²) in [6, 6.07) is 3.64. The molecule has 0 atom stereocenters. The van der Waals surface area contributed by atoms with Crippen LogP contribution in [-0.2, 0) is 7.05 Å². The number of rotatable bonds is 2. The number of hydrogen-bond donors (Lipinski definition) is 0. The summed E-state index contributed by atoms with van der Waals surface area (Å²) < 4.78 is 1.81. The van der Waals surface area contributed by atoms with Crippen molar-refractivity contribution in [2.75, 3.05) is 0 Å². The number of nitrogens with zero attached hydrogens (tertiary/aromatic N) is 2. The minimum atomic E-state index is -0.479. The summed E-state index contributed by atoms with van der Waals surface area (Å²) in [6.45, 7) is 0. The average Bonchev–Trinajstić information content (AvgIpc) is 2.31. The van der Waals surface area contributed by atoms with Gasteiger partial charge in [-0.2, -0.15) is 0 Å². The number of aryl methyl sites for hydroxylation is 1. The van der Waals surface area contributed by atoms with Gasteiger partial charge in [-0.05, 0) is 12.1 Å². The van der Waals surface area contributed by atoms with Crippen molar-refractivity contribution >= 4 is 6.08 Å². The van der Waals surface area contributed by atoms with Gasteiger partial charge in [0.2, 0.25) is 6.20 Å². The van der Waals surface area contributed by atoms with E-state index in [0.717, 1.165) is 11.9 Å². The molecule has 0 aliphatic heterocycles. The summed E-state index contributed by atoms with van der Waals surface area (Å²) in [5, 5.41) is 9.92. The van der Waals surface area contributed by atoms with Crippen molar-refractivity contribution < 1.29 is 4.92 Å². The minimum Gasteiger partial charge on any atom is -0.351 e. The standard InChI is InChI=1S/C7H8N2O2/c1-8-5-2-3-7(8)4-6-9(10)11/h2-6H,1H3/b6-4+. The fourth-order valence-corrected chi connectivity index (χ4v) is 0.785. The van der Waals surface area contributed by atoms with Crippen LogP contribution in [0.2, 0.25) is 0 Å². The van der Waals surface area contributed by atoms with Crippen molar-refractivity contribution in [3.63, 3.8) is 0 Å². The van der Waals surface area contributed by atoms with E-state index in [-0.39, 0.29) is 0 Å². The first-order valence-electron chi connectivity index (χ1n) is 3.13. The zero-order chi connectivity index (χ0) is 8.27. The Bertz CT molecular complexity index is 288. The summed E-state index contributed by atoms with van der Waals surface area (Å²) in [5.74, 6) is 0. The third-order valence-electron chi connectivity index (χ3n) is 1.35. The summed E-state index contributed by atoms with van der Waals surface area (Å²) in [7, 11) is 1.83. The molecular weight excluding hydrogens is 144 g/mol. The van der Waals surface area contributed by atoms with Gasteiger partial charge in [0.25, 0.3) is 0 Å². The van der Waals surface area contributed by atoms with Crippen LogP contribution in [0.4, 0.5) is 0 Å². The molecular formula is C7H8N2O2. The van der Waals surface area contributed by atoms with Crippen molar-refractivity contribution in [2.45, 2.75) is 0 Å². The first-order valence-corrected chi connectivity index (χ1v) is 3.13. The van der Waals surface area contributed by atoms with Crippen molar-refractivity contribution in [3.8, 4) is 0 Å². The predicted octanol–water partition coefficient (Wildman–Crippen LogP) is 1.27. The molecule has 4 nitrogen and oxygen atoms in total.